The lowest BCUT2D eigenvalue weighted by Crippen LogP contribution is -2.24. The molecular formula is C20H26N2O4S. The van der Waals surface area contributed by atoms with Crippen LogP contribution in [0.4, 0.5) is 4.79 Å². The van der Waals surface area contributed by atoms with Crippen molar-refractivity contribution < 1.29 is 17.9 Å². The quantitative estimate of drug-likeness (QED) is 0.570. The van der Waals surface area contributed by atoms with Gasteiger partial charge in [0, 0.05) is 24.4 Å². The van der Waals surface area contributed by atoms with E-state index >= 15 is 0 Å². The molecule has 1 saturated carbocycles. The SMILES string of the molecule is C=NC(=O)N1CC2CCCCC2/C1=C/COCc1ccc(S(C)(=O)=O)cc1. The molecule has 2 atom stereocenters. The van der Waals surface area contributed by atoms with E-state index in [4.69, 9.17) is 4.74 Å². The van der Waals surface area contributed by atoms with Crippen LogP contribution in [0.25, 0.3) is 0 Å². The van der Waals surface area contributed by atoms with Crippen molar-refractivity contribution in [3.63, 3.8) is 0 Å². The minimum Gasteiger partial charge on any atom is -0.373 e. The van der Waals surface area contributed by atoms with Gasteiger partial charge in [-0.05, 0) is 49.2 Å². The highest BCUT2D eigenvalue weighted by atomic mass is 32.2. The molecule has 1 aromatic rings. The largest absolute Gasteiger partial charge is 0.373 e. The maximum Gasteiger partial charge on any atom is 0.347 e. The van der Waals surface area contributed by atoms with Crippen molar-refractivity contribution >= 4 is 22.6 Å². The molecule has 7 heteroatoms. The Morgan fingerprint density at radius 2 is 2.00 bits per heavy atom. The summed E-state index contributed by atoms with van der Waals surface area (Å²) in [5.41, 5.74) is 1.92. The normalized spacial score (nSPS) is 24.0. The number of nitrogens with zero attached hydrogens (tertiary/aromatic N) is 2. The molecule has 0 aromatic heterocycles. The minimum atomic E-state index is -3.19. The van der Waals surface area contributed by atoms with Crippen LogP contribution < -0.4 is 0 Å². The van der Waals surface area contributed by atoms with E-state index in [-0.39, 0.29) is 6.03 Å². The van der Waals surface area contributed by atoms with E-state index in [2.05, 4.69) is 11.7 Å². The standard InChI is InChI=1S/C20H26N2O4S/c1-21-20(23)22-13-16-5-3-4-6-18(16)19(22)11-12-26-14-15-7-9-17(10-8-15)27(2,24)25/h7-11,16,18H,1,3-6,12-14H2,2H3/b19-11-. The zero-order valence-electron chi connectivity index (χ0n) is 15.6. The lowest BCUT2D eigenvalue weighted by atomic mass is 9.80. The van der Waals surface area contributed by atoms with Crippen molar-refractivity contribution in [3.05, 3.63) is 41.6 Å². The Bertz CT molecular complexity index is 830. The molecule has 1 heterocycles. The van der Waals surface area contributed by atoms with E-state index in [0.29, 0.717) is 29.9 Å². The second-order valence-electron chi connectivity index (χ2n) is 7.26. The van der Waals surface area contributed by atoms with Crippen LogP contribution >= 0.6 is 0 Å². The van der Waals surface area contributed by atoms with Crippen molar-refractivity contribution in [1.29, 1.82) is 0 Å². The molecule has 27 heavy (non-hydrogen) atoms. The van der Waals surface area contributed by atoms with Crippen molar-refractivity contribution in [2.45, 2.75) is 37.2 Å². The Morgan fingerprint density at radius 3 is 2.67 bits per heavy atom. The first-order chi connectivity index (χ1) is 12.9. The average molecular weight is 391 g/mol. The third-order valence-electron chi connectivity index (χ3n) is 5.41. The summed E-state index contributed by atoms with van der Waals surface area (Å²) < 4.78 is 28.7. The van der Waals surface area contributed by atoms with Gasteiger partial charge in [0.05, 0.1) is 18.1 Å². The summed E-state index contributed by atoms with van der Waals surface area (Å²) in [6.07, 6.45) is 7.84. The molecule has 2 amide bonds. The summed E-state index contributed by atoms with van der Waals surface area (Å²) in [5.74, 6) is 0.918. The molecule has 6 nitrogen and oxygen atoms in total. The predicted octanol–water partition coefficient (Wildman–Crippen LogP) is 3.43. The van der Waals surface area contributed by atoms with Crippen LogP contribution in [0.15, 0.2) is 45.9 Å². The van der Waals surface area contributed by atoms with Crippen molar-refractivity contribution in [1.82, 2.24) is 4.90 Å². The fourth-order valence-corrected chi connectivity index (χ4v) is 4.68. The predicted molar refractivity (Wildman–Crippen MR) is 104 cm³/mol. The highest BCUT2D eigenvalue weighted by Crippen LogP contribution is 2.42. The first-order valence-electron chi connectivity index (χ1n) is 9.25. The second-order valence-corrected chi connectivity index (χ2v) is 9.28. The number of hydrogen-bond acceptors (Lipinski definition) is 4. The number of rotatable bonds is 5. The topological polar surface area (TPSA) is 76.0 Å². The van der Waals surface area contributed by atoms with Crippen LogP contribution in [0.5, 0.6) is 0 Å². The number of fused-ring (bicyclic) bond motifs is 1. The number of carbonyl (C=O) groups is 1. The molecule has 2 unspecified atom stereocenters. The minimum absolute atomic E-state index is 0.285. The van der Waals surface area contributed by atoms with Crippen LogP contribution in [0.1, 0.15) is 31.2 Å². The van der Waals surface area contributed by atoms with Crippen molar-refractivity contribution in [2.24, 2.45) is 16.8 Å². The highest BCUT2D eigenvalue weighted by molar-refractivity contribution is 7.90. The molecule has 0 radical (unpaired) electrons. The maximum atomic E-state index is 12.1. The molecule has 1 aliphatic carbocycles. The van der Waals surface area contributed by atoms with Gasteiger partial charge in [0.25, 0.3) is 0 Å². The summed E-state index contributed by atoms with van der Waals surface area (Å²) in [6.45, 7) is 4.88. The summed E-state index contributed by atoms with van der Waals surface area (Å²) in [7, 11) is -3.19. The zero-order valence-corrected chi connectivity index (χ0v) is 16.5. The lowest BCUT2D eigenvalue weighted by molar-refractivity contribution is 0.147. The molecule has 2 fully saturated rings. The van der Waals surface area contributed by atoms with Crippen molar-refractivity contribution in [2.75, 3.05) is 19.4 Å². The van der Waals surface area contributed by atoms with E-state index in [0.717, 1.165) is 30.6 Å². The average Bonchev–Trinajstić information content (AvgIpc) is 3.03. The third kappa shape index (κ3) is 4.65. The molecule has 2 aliphatic rings. The Kier molecular flexibility index (Phi) is 6.11. The summed E-state index contributed by atoms with van der Waals surface area (Å²) in [6, 6.07) is 6.41. The number of sulfone groups is 1. The van der Waals surface area contributed by atoms with Gasteiger partial charge in [0.15, 0.2) is 9.84 Å². The van der Waals surface area contributed by atoms with Crippen LogP contribution in [-0.4, -0.2) is 45.5 Å². The van der Waals surface area contributed by atoms with E-state index in [1.165, 1.54) is 19.1 Å². The number of allylic oxidation sites excluding steroid dienone is 1. The number of amides is 2. The lowest BCUT2D eigenvalue weighted by Gasteiger charge is -2.24. The molecule has 0 spiro atoms. The fourth-order valence-electron chi connectivity index (χ4n) is 4.05. The Morgan fingerprint density at radius 1 is 1.30 bits per heavy atom. The Balaban J connectivity index is 1.61. The van der Waals surface area contributed by atoms with E-state index in [1.807, 2.05) is 6.08 Å². The molecule has 1 aliphatic heterocycles. The van der Waals surface area contributed by atoms with Gasteiger partial charge >= 0.3 is 6.03 Å². The molecule has 3 rings (SSSR count). The van der Waals surface area contributed by atoms with Crippen LogP contribution in [-0.2, 0) is 21.2 Å². The summed E-state index contributed by atoms with van der Waals surface area (Å²) >= 11 is 0. The van der Waals surface area contributed by atoms with Crippen LogP contribution in [0, 0.1) is 11.8 Å². The van der Waals surface area contributed by atoms with E-state index in [1.54, 1.807) is 29.2 Å². The molecule has 0 bridgehead atoms. The monoisotopic (exact) mass is 390 g/mol. The summed E-state index contributed by atoms with van der Waals surface area (Å²) in [5, 5.41) is 0. The van der Waals surface area contributed by atoms with Gasteiger partial charge in [-0.25, -0.2) is 18.2 Å². The third-order valence-corrected chi connectivity index (χ3v) is 6.54. The number of likely N-dealkylation sites (tertiary alicyclic amines) is 1. The first-order valence-corrected chi connectivity index (χ1v) is 11.1. The smallest absolute Gasteiger partial charge is 0.347 e. The van der Waals surface area contributed by atoms with Gasteiger partial charge in [-0.15, -0.1) is 0 Å². The van der Waals surface area contributed by atoms with E-state index < -0.39 is 9.84 Å². The van der Waals surface area contributed by atoms with Gasteiger partial charge < -0.3 is 4.74 Å². The highest BCUT2D eigenvalue weighted by Gasteiger charge is 2.40. The van der Waals surface area contributed by atoms with Crippen LogP contribution in [0.2, 0.25) is 0 Å². The molecule has 146 valence electrons. The number of benzene rings is 1. The van der Waals surface area contributed by atoms with Crippen molar-refractivity contribution in [3.8, 4) is 0 Å². The number of urea groups is 1. The van der Waals surface area contributed by atoms with Gasteiger partial charge in [-0.2, -0.15) is 0 Å². The molecule has 0 N–H and O–H groups in total. The Labute approximate surface area is 160 Å². The van der Waals surface area contributed by atoms with E-state index in [9.17, 15) is 13.2 Å². The number of aliphatic imine (C=N–C) groups is 1. The van der Waals surface area contributed by atoms with Crippen LogP contribution in [0.3, 0.4) is 0 Å². The number of ether oxygens (including phenoxy) is 1. The second kappa shape index (κ2) is 8.35. The number of hydrogen-bond donors (Lipinski definition) is 0. The Hall–Kier alpha value is -1.99. The summed E-state index contributed by atoms with van der Waals surface area (Å²) in [4.78, 5) is 17.7. The van der Waals surface area contributed by atoms with Gasteiger partial charge in [0.1, 0.15) is 0 Å². The maximum absolute atomic E-state index is 12.1. The van der Waals surface area contributed by atoms with Gasteiger partial charge in [-0.1, -0.05) is 25.0 Å². The fraction of sp³-hybridized carbons (Fsp3) is 0.500. The number of carbonyl (C=O) groups excluding carboxylic acids is 1. The molecular weight excluding hydrogens is 364 g/mol. The van der Waals surface area contributed by atoms with Gasteiger partial charge in [-0.3, -0.25) is 4.90 Å². The molecule has 1 saturated heterocycles. The van der Waals surface area contributed by atoms with Gasteiger partial charge in [0.2, 0.25) is 0 Å². The molecule has 1 aromatic carbocycles. The first kappa shape index (κ1) is 19.8. The zero-order chi connectivity index (χ0) is 19.4.